The van der Waals surface area contributed by atoms with Crippen LogP contribution in [-0.2, 0) is 0 Å². The van der Waals surface area contributed by atoms with Gasteiger partial charge in [-0.3, -0.25) is 9.78 Å². The summed E-state index contributed by atoms with van der Waals surface area (Å²) in [5.41, 5.74) is 2.15. The molecule has 0 aliphatic rings. The van der Waals surface area contributed by atoms with Crippen molar-refractivity contribution in [1.29, 1.82) is 0 Å². The second-order valence-corrected chi connectivity index (χ2v) is 4.61. The third-order valence-electron chi connectivity index (χ3n) is 3.24. The zero-order valence-electron chi connectivity index (χ0n) is 12.2. The van der Waals surface area contributed by atoms with E-state index in [9.17, 15) is 9.90 Å². The number of rotatable bonds is 5. The summed E-state index contributed by atoms with van der Waals surface area (Å²) in [6.07, 6.45) is 2.70. The van der Waals surface area contributed by atoms with E-state index >= 15 is 0 Å². The molecule has 1 heterocycles. The van der Waals surface area contributed by atoms with Crippen LogP contribution in [-0.4, -0.2) is 29.1 Å². The van der Waals surface area contributed by atoms with Crippen LogP contribution < -0.4 is 10.2 Å². The number of carbonyl (C=O) groups excluding carboxylic acids is 1. The fourth-order valence-corrected chi connectivity index (χ4v) is 2.10. The van der Waals surface area contributed by atoms with Gasteiger partial charge in [-0.2, -0.15) is 0 Å². The molecular formula is C16H19N3O2. The number of anilines is 2. The summed E-state index contributed by atoms with van der Waals surface area (Å²) in [6.45, 7) is 6.09. The van der Waals surface area contributed by atoms with E-state index < -0.39 is 0 Å². The molecule has 0 saturated carbocycles. The zero-order valence-corrected chi connectivity index (χ0v) is 12.2. The molecule has 0 radical (unpaired) electrons. The Balaban J connectivity index is 2.08. The maximum atomic E-state index is 12.0. The summed E-state index contributed by atoms with van der Waals surface area (Å²) in [5, 5.41) is 12.1. The van der Waals surface area contributed by atoms with Gasteiger partial charge in [-0.05, 0) is 44.2 Å². The summed E-state index contributed by atoms with van der Waals surface area (Å²) >= 11 is 0. The number of hydrogen-bond donors (Lipinski definition) is 2. The third-order valence-corrected chi connectivity index (χ3v) is 3.24. The molecule has 1 aromatic heterocycles. The molecular weight excluding hydrogens is 266 g/mol. The van der Waals surface area contributed by atoms with E-state index in [0.717, 1.165) is 18.8 Å². The lowest BCUT2D eigenvalue weighted by molar-refractivity contribution is 0.102. The number of pyridine rings is 1. The fourth-order valence-electron chi connectivity index (χ4n) is 2.10. The third kappa shape index (κ3) is 3.72. The lowest BCUT2D eigenvalue weighted by atomic mass is 10.2. The smallest absolute Gasteiger partial charge is 0.257 e. The monoisotopic (exact) mass is 285 g/mol. The molecule has 1 amide bonds. The molecule has 1 aromatic carbocycles. The average molecular weight is 285 g/mol. The van der Waals surface area contributed by atoms with Crippen LogP contribution in [0.15, 0.2) is 42.7 Å². The lowest BCUT2D eigenvalue weighted by Crippen LogP contribution is -2.21. The predicted octanol–water partition coefficient (Wildman–Crippen LogP) is 2.89. The Bertz CT molecular complexity index is 607. The highest BCUT2D eigenvalue weighted by atomic mass is 16.3. The van der Waals surface area contributed by atoms with E-state index in [1.54, 1.807) is 0 Å². The highest BCUT2D eigenvalue weighted by Gasteiger charge is 2.08. The standard InChI is InChI=1S/C16H19N3O2/c1-3-19(4-2)14-7-5-13(6-8-14)18-16(21)12-9-15(20)11-17-10-12/h5-11,20H,3-4H2,1-2H3,(H,18,21). The molecule has 0 bridgehead atoms. The van der Waals surface area contributed by atoms with E-state index in [0.29, 0.717) is 11.3 Å². The Morgan fingerprint density at radius 2 is 1.86 bits per heavy atom. The maximum absolute atomic E-state index is 12.0. The van der Waals surface area contributed by atoms with Crippen LogP contribution in [0, 0.1) is 0 Å². The zero-order chi connectivity index (χ0) is 15.2. The first-order valence-electron chi connectivity index (χ1n) is 6.94. The molecule has 21 heavy (non-hydrogen) atoms. The Morgan fingerprint density at radius 1 is 1.19 bits per heavy atom. The predicted molar refractivity (Wildman–Crippen MR) is 83.9 cm³/mol. The highest BCUT2D eigenvalue weighted by Crippen LogP contribution is 2.18. The van der Waals surface area contributed by atoms with Crippen molar-refractivity contribution in [3.8, 4) is 5.75 Å². The number of amides is 1. The van der Waals surface area contributed by atoms with Crippen LogP contribution in [0.5, 0.6) is 5.75 Å². The summed E-state index contributed by atoms with van der Waals surface area (Å²) < 4.78 is 0. The van der Waals surface area contributed by atoms with Gasteiger partial charge in [0, 0.05) is 30.7 Å². The molecule has 0 unspecified atom stereocenters. The number of aromatic nitrogens is 1. The summed E-state index contributed by atoms with van der Waals surface area (Å²) in [6, 6.07) is 9.06. The largest absolute Gasteiger partial charge is 0.506 e. The number of nitrogens with one attached hydrogen (secondary N) is 1. The SMILES string of the molecule is CCN(CC)c1ccc(NC(=O)c2cncc(O)c2)cc1. The highest BCUT2D eigenvalue weighted by molar-refractivity contribution is 6.04. The minimum Gasteiger partial charge on any atom is -0.506 e. The summed E-state index contributed by atoms with van der Waals surface area (Å²) in [5.74, 6) is -0.325. The van der Waals surface area contributed by atoms with Crippen molar-refractivity contribution in [3.63, 3.8) is 0 Å². The van der Waals surface area contributed by atoms with Gasteiger partial charge in [-0.15, -0.1) is 0 Å². The normalized spacial score (nSPS) is 10.2. The molecule has 0 atom stereocenters. The van der Waals surface area contributed by atoms with Crippen molar-refractivity contribution in [2.75, 3.05) is 23.3 Å². The molecule has 0 fully saturated rings. The maximum Gasteiger partial charge on any atom is 0.257 e. The van der Waals surface area contributed by atoms with Gasteiger partial charge < -0.3 is 15.3 Å². The van der Waals surface area contributed by atoms with Crippen LogP contribution in [0.1, 0.15) is 24.2 Å². The number of nitrogens with zero attached hydrogens (tertiary/aromatic N) is 2. The van der Waals surface area contributed by atoms with Crippen molar-refractivity contribution in [2.24, 2.45) is 0 Å². The molecule has 2 rings (SSSR count). The second-order valence-electron chi connectivity index (χ2n) is 4.61. The van der Waals surface area contributed by atoms with Gasteiger partial charge in [0.25, 0.3) is 5.91 Å². The number of benzene rings is 1. The van der Waals surface area contributed by atoms with Gasteiger partial charge >= 0.3 is 0 Å². The Labute approximate surface area is 124 Å². The number of carbonyl (C=O) groups is 1. The molecule has 0 spiro atoms. The van der Waals surface area contributed by atoms with Crippen molar-refractivity contribution in [2.45, 2.75) is 13.8 Å². The number of aromatic hydroxyl groups is 1. The quantitative estimate of drug-likeness (QED) is 0.886. The van der Waals surface area contributed by atoms with Crippen LogP contribution in [0.2, 0.25) is 0 Å². The number of hydrogen-bond acceptors (Lipinski definition) is 4. The molecule has 5 nitrogen and oxygen atoms in total. The van der Waals surface area contributed by atoms with Crippen LogP contribution in [0.3, 0.4) is 0 Å². The van der Waals surface area contributed by atoms with Crippen LogP contribution in [0.25, 0.3) is 0 Å². The molecule has 110 valence electrons. The second kappa shape index (κ2) is 6.74. The van der Waals surface area contributed by atoms with E-state index in [4.69, 9.17) is 0 Å². The van der Waals surface area contributed by atoms with E-state index in [1.165, 1.54) is 18.5 Å². The van der Waals surface area contributed by atoms with Gasteiger partial charge in [0.15, 0.2) is 0 Å². The lowest BCUT2D eigenvalue weighted by Gasteiger charge is -2.21. The molecule has 2 N–H and O–H groups in total. The van der Waals surface area contributed by atoms with Gasteiger partial charge in [0.1, 0.15) is 5.75 Å². The van der Waals surface area contributed by atoms with Gasteiger partial charge in [0.2, 0.25) is 0 Å². The summed E-state index contributed by atoms with van der Waals surface area (Å²) in [4.78, 5) is 18.0. The first-order valence-corrected chi connectivity index (χ1v) is 6.94. The van der Waals surface area contributed by atoms with Crippen molar-refractivity contribution in [3.05, 3.63) is 48.3 Å². The van der Waals surface area contributed by atoms with Gasteiger partial charge in [-0.1, -0.05) is 0 Å². The topological polar surface area (TPSA) is 65.5 Å². The van der Waals surface area contributed by atoms with Crippen LogP contribution >= 0.6 is 0 Å². The fraction of sp³-hybridized carbons (Fsp3) is 0.250. The van der Waals surface area contributed by atoms with E-state index in [1.807, 2.05) is 24.3 Å². The average Bonchev–Trinajstić information content (AvgIpc) is 2.50. The molecule has 0 aliphatic heterocycles. The van der Waals surface area contributed by atoms with Crippen molar-refractivity contribution in [1.82, 2.24) is 4.98 Å². The molecule has 5 heteroatoms. The summed E-state index contributed by atoms with van der Waals surface area (Å²) in [7, 11) is 0. The minimum atomic E-state index is -0.297. The van der Waals surface area contributed by atoms with Crippen molar-refractivity contribution >= 4 is 17.3 Å². The molecule has 0 aliphatic carbocycles. The molecule has 0 saturated heterocycles. The van der Waals surface area contributed by atoms with E-state index in [2.05, 4.69) is 29.0 Å². The Morgan fingerprint density at radius 3 is 2.43 bits per heavy atom. The Hall–Kier alpha value is -2.56. The Kier molecular flexibility index (Phi) is 4.77. The molecule has 2 aromatic rings. The minimum absolute atomic E-state index is 0.0282. The van der Waals surface area contributed by atoms with Gasteiger partial charge in [-0.25, -0.2) is 0 Å². The first-order chi connectivity index (χ1) is 10.1. The van der Waals surface area contributed by atoms with Crippen LogP contribution in [0.4, 0.5) is 11.4 Å². The van der Waals surface area contributed by atoms with Gasteiger partial charge in [0.05, 0.1) is 11.8 Å². The van der Waals surface area contributed by atoms with E-state index in [-0.39, 0.29) is 11.7 Å². The first kappa shape index (κ1) is 14.8. The van der Waals surface area contributed by atoms with Crippen molar-refractivity contribution < 1.29 is 9.90 Å².